The van der Waals surface area contributed by atoms with Crippen LogP contribution in [0.15, 0.2) is 48.5 Å². The molecule has 1 aliphatic rings. The van der Waals surface area contributed by atoms with Crippen LogP contribution in [0.4, 0.5) is 0 Å². The van der Waals surface area contributed by atoms with E-state index in [-0.39, 0.29) is 0 Å². The van der Waals surface area contributed by atoms with Crippen molar-refractivity contribution in [2.45, 2.75) is 12.8 Å². The molecule has 0 saturated heterocycles. The minimum atomic E-state index is 0.751. The first-order chi connectivity index (χ1) is 9.29. The van der Waals surface area contributed by atoms with Gasteiger partial charge in [-0.1, -0.05) is 41.9 Å². The van der Waals surface area contributed by atoms with E-state index in [4.69, 9.17) is 16.9 Å². The van der Waals surface area contributed by atoms with E-state index in [2.05, 4.69) is 18.2 Å². The highest BCUT2D eigenvalue weighted by Gasteiger charge is 2.17. The van der Waals surface area contributed by atoms with Gasteiger partial charge in [0.15, 0.2) is 0 Å². The van der Waals surface area contributed by atoms with Crippen LogP contribution in [0.1, 0.15) is 22.3 Å². The number of rotatable bonds is 0. The summed E-state index contributed by atoms with van der Waals surface area (Å²) in [4.78, 5) is 0. The molecule has 0 amide bonds. The highest BCUT2D eigenvalue weighted by Crippen LogP contribution is 2.34. The first-order valence-corrected chi connectivity index (χ1v) is 6.64. The quantitative estimate of drug-likeness (QED) is 0.648. The number of allylic oxidation sites excluding steroid dienone is 1. The van der Waals surface area contributed by atoms with Crippen LogP contribution in [-0.2, 0) is 12.8 Å². The molecule has 3 rings (SSSR count). The number of aryl methyl sites for hydroxylation is 2. The Labute approximate surface area is 117 Å². The Hall–Kier alpha value is -2.04. The zero-order chi connectivity index (χ0) is 13.2. The van der Waals surface area contributed by atoms with Crippen molar-refractivity contribution < 1.29 is 0 Å². The van der Waals surface area contributed by atoms with Crippen LogP contribution >= 0.6 is 11.6 Å². The topological polar surface area (TPSA) is 23.8 Å². The standard InChI is InChI=1S/C17H12ClN/c18-14-7-8-16-13(11-14)6-5-12-3-1-2-4-15(12)17(16)9-10-19/h1-4,7-9,11H,5-6H2/b17-9+. The molecule has 0 unspecified atom stereocenters. The number of hydrogen-bond donors (Lipinski definition) is 0. The van der Waals surface area contributed by atoms with E-state index in [0.717, 1.165) is 34.6 Å². The van der Waals surface area contributed by atoms with Crippen molar-refractivity contribution >= 4 is 17.2 Å². The predicted molar refractivity (Wildman–Crippen MR) is 78.0 cm³/mol. The highest BCUT2D eigenvalue weighted by molar-refractivity contribution is 6.30. The van der Waals surface area contributed by atoms with E-state index in [1.54, 1.807) is 6.08 Å². The number of nitrogens with zero attached hydrogens (tertiary/aromatic N) is 1. The molecule has 1 nitrogen and oxygen atoms in total. The molecule has 0 saturated carbocycles. The van der Waals surface area contributed by atoms with Crippen LogP contribution in [0.25, 0.3) is 5.57 Å². The van der Waals surface area contributed by atoms with Crippen LogP contribution < -0.4 is 0 Å². The van der Waals surface area contributed by atoms with Gasteiger partial charge in [0.2, 0.25) is 0 Å². The van der Waals surface area contributed by atoms with Gasteiger partial charge < -0.3 is 0 Å². The van der Waals surface area contributed by atoms with Gasteiger partial charge in [0, 0.05) is 11.1 Å². The van der Waals surface area contributed by atoms with Crippen LogP contribution in [0.3, 0.4) is 0 Å². The van der Waals surface area contributed by atoms with Gasteiger partial charge in [-0.15, -0.1) is 0 Å². The molecule has 0 atom stereocenters. The fourth-order valence-corrected chi connectivity index (χ4v) is 2.86. The minimum absolute atomic E-state index is 0.751. The second kappa shape index (κ2) is 4.91. The SMILES string of the molecule is N#C/C=C1\c2ccccc2CCc2cc(Cl)ccc21. The third kappa shape index (κ3) is 2.16. The van der Waals surface area contributed by atoms with Crippen LogP contribution in [0.2, 0.25) is 5.02 Å². The molecule has 2 aromatic rings. The normalized spacial score (nSPS) is 15.3. The second-order valence-corrected chi connectivity index (χ2v) is 5.08. The third-order valence-corrected chi connectivity index (χ3v) is 3.77. The zero-order valence-corrected chi connectivity index (χ0v) is 11.1. The Kier molecular flexibility index (Phi) is 3.11. The Morgan fingerprint density at radius 2 is 1.74 bits per heavy atom. The van der Waals surface area contributed by atoms with Crippen LogP contribution in [0.5, 0.6) is 0 Å². The molecule has 0 aliphatic heterocycles. The van der Waals surface area contributed by atoms with Gasteiger partial charge in [0.05, 0.1) is 6.07 Å². The van der Waals surface area contributed by atoms with E-state index in [0.29, 0.717) is 0 Å². The maximum Gasteiger partial charge on any atom is 0.0918 e. The molecule has 19 heavy (non-hydrogen) atoms. The molecule has 0 aromatic heterocycles. The molecule has 2 heteroatoms. The molecule has 0 N–H and O–H groups in total. The molecule has 0 heterocycles. The number of hydrogen-bond acceptors (Lipinski definition) is 1. The Balaban J connectivity index is 2.28. The first kappa shape index (κ1) is 12.0. The molecule has 0 bridgehead atoms. The summed E-state index contributed by atoms with van der Waals surface area (Å²) in [5.41, 5.74) is 5.78. The maximum absolute atomic E-state index is 9.06. The summed E-state index contributed by atoms with van der Waals surface area (Å²) in [6.45, 7) is 0. The van der Waals surface area contributed by atoms with Crippen LogP contribution in [-0.4, -0.2) is 0 Å². The fraction of sp³-hybridized carbons (Fsp3) is 0.118. The fourth-order valence-electron chi connectivity index (χ4n) is 2.67. The van der Waals surface area contributed by atoms with Gasteiger partial charge in [0.25, 0.3) is 0 Å². The summed E-state index contributed by atoms with van der Waals surface area (Å²) in [7, 11) is 0. The Bertz CT molecular complexity index is 707. The largest absolute Gasteiger partial charge is 0.193 e. The maximum atomic E-state index is 9.06. The van der Waals surface area contributed by atoms with Gasteiger partial charge in [-0.25, -0.2) is 0 Å². The third-order valence-electron chi connectivity index (χ3n) is 3.54. The van der Waals surface area contributed by atoms with Crippen LogP contribution in [0, 0.1) is 11.3 Å². The van der Waals surface area contributed by atoms with Crippen molar-refractivity contribution in [3.05, 3.63) is 75.8 Å². The minimum Gasteiger partial charge on any atom is -0.193 e. The highest BCUT2D eigenvalue weighted by atomic mass is 35.5. The average Bonchev–Trinajstić information content (AvgIpc) is 2.57. The lowest BCUT2D eigenvalue weighted by Crippen LogP contribution is -1.91. The van der Waals surface area contributed by atoms with Gasteiger partial charge in [-0.05, 0) is 52.8 Å². The molecule has 1 aliphatic carbocycles. The summed E-state index contributed by atoms with van der Waals surface area (Å²) >= 11 is 6.08. The number of fused-ring (bicyclic) bond motifs is 2. The monoisotopic (exact) mass is 265 g/mol. The number of benzene rings is 2. The summed E-state index contributed by atoms with van der Waals surface area (Å²) < 4.78 is 0. The van der Waals surface area contributed by atoms with Crippen molar-refractivity contribution in [2.24, 2.45) is 0 Å². The zero-order valence-electron chi connectivity index (χ0n) is 10.4. The smallest absolute Gasteiger partial charge is 0.0918 e. The summed E-state index contributed by atoms with van der Waals surface area (Å²) in [5.74, 6) is 0. The molecular weight excluding hydrogens is 254 g/mol. The van der Waals surface area contributed by atoms with E-state index in [9.17, 15) is 0 Å². The molecule has 0 radical (unpaired) electrons. The molecule has 0 fully saturated rings. The van der Waals surface area contributed by atoms with E-state index < -0.39 is 0 Å². The number of halogens is 1. The summed E-state index contributed by atoms with van der Waals surface area (Å²) in [6, 6.07) is 16.4. The lowest BCUT2D eigenvalue weighted by molar-refractivity contribution is 0.965. The molecule has 2 aromatic carbocycles. The van der Waals surface area contributed by atoms with Gasteiger partial charge in [-0.3, -0.25) is 0 Å². The van der Waals surface area contributed by atoms with Crippen molar-refractivity contribution in [3.63, 3.8) is 0 Å². The first-order valence-electron chi connectivity index (χ1n) is 6.26. The molecular formula is C17H12ClN. The van der Waals surface area contributed by atoms with Crippen molar-refractivity contribution in [1.82, 2.24) is 0 Å². The lowest BCUT2D eigenvalue weighted by Gasteiger charge is -2.10. The lowest BCUT2D eigenvalue weighted by atomic mass is 9.94. The Morgan fingerprint density at radius 3 is 2.58 bits per heavy atom. The van der Waals surface area contributed by atoms with E-state index >= 15 is 0 Å². The average molecular weight is 266 g/mol. The van der Waals surface area contributed by atoms with E-state index in [1.807, 2.05) is 30.3 Å². The van der Waals surface area contributed by atoms with E-state index in [1.165, 1.54) is 11.1 Å². The molecule has 0 spiro atoms. The van der Waals surface area contributed by atoms with Gasteiger partial charge in [-0.2, -0.15) is 5.26 Å². The second-order valence-electron chi connectivity index (χ2n) is 4.65. The van der Waals surface area contributed by atoms with Gasteiger partial charge >= 0.3 is 0 Å². The predicted octanol–water partition coefficient (Wildman–Crippen LogP) is 4.39. The summed E-state index contributed by atoms with van der Waals surface area (Å²) in [5, 5.41) is 9.81. The van der Waals surface area contributed by atoms with Crippen molar-refractivity contribution in [1.29, 1.82) is 5.26 Å². The summed E-state index contributed by atoms with van der Waals surface area (Å²) in [6.07, 6.45) is 3.57. The Morgan fingerprint density at radius 1 is 1.00 bits per heavy atom. The van der Waals surface area contributed by atoms with Crippen molar-refractivity contribution in [3.8, 4) is 6.07 Å². The molecule has 92 valence electrons. The van der Waals surface area contributed by atoms with Crippen molar-refractivity contribution in [2.75, 3.05) is 0 Å². The number of nitriles is 1. The van der Waals surface area contributed by atoms with Gasteiger partial charge in [0.1, 0.15) is 0 Å².